The van der Waals surface area contributed by atoms with E-state index < -0.39 is 5.97 Å². The molecule has 5 nitrogen and oxygen atoms in total. The van der Waals surface area contributed by atoms with Crippen LogP contribution in [0.1, 0.15) is 5.56 Å². The van der Waals surface area contributed by atoms with E-state index in [1.807, 2.05) is 24.3 Å². The van der Waals surface area contributed by atoms with E-state index in [-0.39, 0.29) is 13.2 Å². The van der Waals surface area contributed by atoms with Crippen LogP contribution in [0.2, 0.25) is 0 Å². The van der Waals surface area contributed by atoms with E-state index in [9.17, 15) is 4.79 Å². The molecule has 0 unspecified atom stereocenters. The topological polar surface area (TPSA) is 70.8 Å². The van der Waals surface area contributed by atoms with Crippen molar-refractivity contribution in [1.29, 1.82) is 0 Å². The summed E-state index contributed by atoms with van der Waals surface area (Å²) in [7, 11) is 1.60. The molecule has 0 saturated heterocycles. The fourth-order valence-corrected chi connectivity index (χ4v) is 1.63. The number of rotatable bonds is 6. The molecule has 0 saturated carbocycles. The SMILES string of the molecule is COc1ccc(COC(=O)COc2ccc(N)cc2)cc1. The number of esters is 1. The van der Waals surface area contributed by atoms with Gasteiger partial charge in [0.25, 0.3) is 0 Å². The molecule has 0 aliphatic heterocycles. The summed E-state index contributed by atoms with van der Waals surface area (Å²) in [5.74, 6) is 0.907. The summed E-state index contributed by atoms with van der Waals surface area (Å²) in [5, 5.41) is 0. The van der Waals surface area contributed by atoms with E-state index in [1.54, 1.807) is 31.4 Å². The van der Waals surface area contributed by atoms with Crippen LogP contribution in [0.5, 0.6) is 11.5 Å². The lowest BCUT2D eigenvalue weighted by atomic mass is 10.2. The normalized spacial score (nSPS) is 9.95. The van der Waals surface area contributed by atoms with E-state index in [2.05, 4.69) is 0 Å². The number of nitrogen functional groups attached to an aromatic ring is 1. The molecule has 0 bridgehead atoms. The quantitative estimate of drug-likeness (QED) is 0.652. The van der Waals surface area contributed by atoms with Crippen LogP contribution in [0.25, 0.3) is 0 Å². The number of ether oxygens (including phenoxy) is 3. The minimum absolute atomic E-state index is 0.139. The number of hydrogen-bond acceptors (Lipinski definition) is 5. The molecule has 0 fully saturated rings. The highest BCUT2D eigenvalue weighted by Gasteiger charge is 2.05. The Morgan fingerprint density at radius 1 is 1.00 bits per heavy atom. The van der Waals surface area contributed by atoms with Gasteiger partial charge in [0, 0.05) is 5.69 Å². The molecule has 2 aromatic rings. The number of methoxy groups -OCH3 is 1. The van der Waals surface area contributed by atoms with E-state index in [0.717, 1.165) is 11.3 Å². The Balaban J connectivity index is 1.75. The fraction of sp³-hybridized carbons (Fsp3) is 0.188. The van der Waals surface area contributed by atoms with Crippen LogP contribution >= 0.6 is 0 Å². The fourth-order valence-electron chi connectivity index (χ4n) is 1.63. The molecular formula is C16H17NO4. The maximum absolute atomic E-state index is 11.6. The molecule has 110 valence electrons. The average Bonchev–Trinajstić information content (AvgIpc) is 2.53. The lowest BCUT2D eigenvalue weighted by molar-refractivity contribution is -0.147. The van der Waals surface area contributed by atoms with Crippen molar-refractivity contribution in [3.8, 4) is 11.5 Å². The zero-order chi connectivity index (χ0) is 15.1. The van der Waals surface area contributed by atoms with Gasteiger partial charge in [-0.2, -0.15) is 0 Å². The number of nitrogens with two attached hydrogens (primary N) is 1. The van der Waals surface area contributed by atoms with Gasteiger partial charge >= 0.3 is 5.97 Å². The van der Waals surface area contributed by atoms with E-state index in [4.69, 9.17) is 19.9 Å². The van der Waals surface area contributed by atoms with Gasteiger partial charge in [0.2, 0.25) is 0 Å². The van der Waals surface area contributed by atoms with Crippen LogP contribution in [0.15, 0.2) is 48.5 Å². The number of anilines is 1. The molecular weight excluding hydrogens is 270 g/mol. The molecule has 0 atom stereocenters. The van der Waals surface area contributed by atoms with Crippen LogP contribution in [-0.2, 0) is 16.1 Å². The maximum Gasteiger partial charge on any atom is 0.344 e. The van der Waals surface area contributed by atoms with E-state index in [1.165, 1.54) is 0 Å². The number of hydrogen-bond donors (Lipinski definition) is 1. The van der Waals surface area contributed by atoms with Crippen molar-refractivity contribution in [2.45, 2.75) is 6.61 Å². The molecule has 2 aromatic carbocycles. The van der Waals surface area contributed by atoms with Gasteiger partial charge in [-0.25, -0.2) is 4.79 Å². The molecule has 2 N–H and O–H groups in total. The largest absolute Gasteiger partial charge is 0.497 e. The summed E-state index contributed by atoms with van der Waals surface area (Å²) < 4.78 is 15.5. The van der Waals surface area contributed by atoms with Crippen LogP contribution < -0.4 is 15.2 Å². The van der Waals surface area contributed by atoms with Gasteiger partial charge < -0.3 is 19.9 Å². The van der Waals surface area contributed by atoms with Gasteiger partial charge in [-0.15, -0.1) is 0 Å². The third-order valence-electron chi connectivity index (χ3n) is 2.80. The Bertz CT molecular complexity index is 578. The summed E-state index contributed by atoms with van der Waals surface area (Å²) in [6.07, 6.45) is 0. The van der Waals surface area contributed by atoms with Crippen LogP contribution in [0, 0.1) is 0 Å². The maximum atomic E-state index is 11.6. The molecule has 5 heteroatoms. The first-order valence-electron chi connectivity index (χ1n) is 6.44. The second-order valence-electron chi connectivity index (χ2n) is 4.37. The lowest BCUT2D eigenvalue weighted by Crippen LogP contribution is -2.14. The second kappa shape index (κ2) is 7.19. The van der Waals surface area contributed by atoms with Gasteiger partial charge in [-0.05, 0) is 42.0 Å². The van der Waals surface area contributed by atoms with Crippen molar-refractivity contribution in [3.05, 3.63) is 54.1 Å². The molecule has 0 radical (unpaired) electrons. The smallest absolute Gasteiger partial charge is 0.344 e. The van der Waals surface area contributed by atoms with Gasteiger partial charge in [0.1, 0.15) is 18.1 Å². The zero-order valence-electron chi connectivity index (χ0n) is 11.7. The average molecular weight is 287 g/mol. The molecule has 0 spiro atoms. The Hall–Kier alpha value is -2.69. The monoisotopic (exact) mass is 287 g/mol. The molecule has 21 heavy (non-hydrogen) atoms. The Kier molecular flexibility index (Phi) is 5.04. The minimum atomic E-state index is -0.428. The molecule has 0 amide bonds. The highest BCUT2D eigenvalue weighted by atomic mass is 16.6. The molecule has 0 heterocycles. The van der Waals surface area contributed by atoms with Crippen LogP contribution in [0.4, 0.5) is 5.69 Å². The summed E-state index contributed by atoms with van der Waals surface area (Å²) in [5.41, 5.74) is 7.09. The van der Waals surface area contributed by atoms with Crippen LogP contribution in [-0.4, -0.2) is 19.7 Å². The van der Waals surface area contributed by atoms with Crippen molar-refractivity contribution < 1.29 is 19.0 Å². The molecule has 0 aliphatic carbocycles. The van der Waals surface area contributed by atoms with Crippen molar-refractivity contribution in [2.24, 2.45) is 0 Å². The van der Waals surface area contributed by atoms with Gasteiger partial charge in [-0.1, -0.05) is 12.1 Å². The molecule has 0 aliphatic rings. The summed E-state index contributed by atoms with van der Waals surface area (Å²) >= 11 is 0. The molecule has 2 rings (SSSR count). The lowest BCUT2D eigenvalue weighted by Gasteiger charge is -2.08. The predicted molar refractivity (Wildman–Crippen MR) is 79.1 cm³/mol. The van der Waals surface area contributed by atoms with Gasteiger partial charge in [-0.3, -0.25) is 0 Å². The van der Waals surface area contributed by atoms with Gasteiger partial charge in [0.05, 0.1) is 7.11 Å². The van der Waals surface area contributed by atoms with Gasteiger partial charge in [0.15, 0.2) is 6.61 Å². The van der Waals surface area contributed by atoms with Crippen molar-refractivity contribution in [1.82, 2.24) is 0 Å². The standard InChI is InChI=1S/C16H17NO4/c1-19-14-6-2-12(3-7-14)10-21-16(18)11-20-15-8-4-13(17)5-9-15/h2-9H,10-11,17H2,1H3. The van der Waals surface area contributed by atoms with E-state index >= 15 is 0 Å². The van der Waals surface area contributed by atoms with Crippen molar-refractivity contribution in [3.63, 3.8) is 0 Å². The number of carbonyl (C=O) groups excluding carboxylic acids is 1. The Morgan fingerprint density at radius 3 is 2.24 bits per heavy atom. The summed E-state index contributed by atoms with van der Waals surface area (Å²) in [6, 6.07) is 14.1. The highest BCUT2D eigenvalue weighted by molar-refractivity contribution is 5.71. The second-order valence-corrected chi connectivity index (χ2v) is 4.37. The predicted octanol–water partition coefficient (Wildman–Crippen LogP) is 2.40. The summed E-state index contributed by atoms with van der Waals surface area (Å²) in [6.45, 7) is 0.0635. The first-order valence-corrected chi connectivity index (χ1v) is 6.44. The first kappa shape index (κ1) is 14.7. The van der Waals surface area contributed by atoms with Crippen molar-refractivity contribution >= 4 is 11.7 Å². The third kappa shape index (κ3) is 4.72. The van der Waals surface area contributed by atoms with E-state index in [0.29, 0.717) is 11.4 Å². The summed E-state index contributed by atoms with van der Waals surface area (Å²) in [4.78, 5) is 11.6. The first-order chi connectivity index (χ1) is 10.2. The zero-order valence-corrected chi connectivity index (χ0v) is 11.7. The minimum Gasteiger partial charge on any atom is -0.497 e. The molecule has 0 aromatic heterocycles. The third-order valence-corrected chi connectivity index (χ3v) is 2.80. The highest BCUT2D eigenvalue weighted by Crippen LogP contribution is 2.14. The van der Waals surface area contributed by atoms with Crippen LogP contribution in [0.3, 0.4) is 0 Å². The number of benzene rings is 2. The Morgan fingerprint density at radius 2 is 1.62 bits per heavy atom. The van der Waals surface area contributed by atoms with Crippen molar-refractivity contribution in [2.75, 3.05) is 19.5 Å². The number of carbonyl (C=O) groups is 1. The Labute approximate surface area is 123 Å².